The van der Waals surface area contributed by atoms with Crippen molar-refractivity contribution in [2.24, 2.45) is 0 Å². The molecule has 1 N–H and O–H groups in total. The molecule has 2 aliphatic rings. The minimum Gasteiger partial charge on any atom is -0.354 e. The van der Waals surface area contributed by atoms with Gasteiger partial charge in [0.1, 0.15) is 0 Å². The smallest absolute Gasteiger partial charge is 0.0548 e. The lowest BCUT2D eigenvalue weighted by molar-refractivity contribution is 1.26. The molecule has 0 fully saturated rings. The van der Waals surface area contributed by atoms with Gasteiger partial charge in [-0.3, -0.25) is 0 Å². The monoisotopic (exact) mass is 389 g/mol. The van der Waals surface area contributed by atoms with Crippen LogP contribution in [0.1, 0.15) is 11.3 Å². The molecule has 0 saturated heterocycles. The summed E-state index contributed by atoms with van der Waals surface area (Å²) in [6, 6.07) is 29.0. The van der Waals surface area contributed by atoms with Gasteiger partial charge in [0.25, 0.3) is 0 Å². The maximum absolute atomic E-state index is 3.79. The van der Waals surface area contributed by atoms with Gasteiger partial charge in [0.05, 0.1) is 5.69 Å². The zero-order valence-electron chi connectivity index (χ0n) is 16.0. The topological polar surface area (TPSA) is 15.8 Å². The Balaban J connectivity index is 1.74. The number of hydrogen-bond donors (Lipinski definition) is 1. The standard InChI is InChI=1S/C27H20NP/c1-3-11-19(12-4-1)29-24-17-9-7-14-21(24)26-20-13-5-2-6-16-23(20)28-27(26)22-15-8-10-18-25(22)29/h1-12,14-18,28H,13H2. The summed E-state index contributed by atoms with van der Waals surface area (Å²) in [6.07, 6.45) is 9.70. The fraction of sp³-hybridized carbons (Fsp3) is 0.0370. The lowest BCUT2D eigenvalue weighted by atomic mass is 9.95. The van der Waals surface area contributed by atoms with Gasteiger partial charge in [-0.05, 0) is 47.5 Å². The van der Waals surface area contributed by atoms with E-state index >= 15 is 0 Å². The van der Waals surface area contributed by atoms with Crippen molar-refractivity contribution in [1.29, 1.82) is 0 Å². The van der Waals surface area contributed by atoms with Crippen LogP contribution in [0.4, 0.5) is 0 Å². The van der Waals surface area contributed by atoms with Crippen LogP contribution in [-0.2, 0) is 6.42 Å². The summed E-state index contributed by atoms with van der Waals surface area (Å²) < 4.78 is 0. The third-order valence-corrected chi connectivity index (χ3v) is 8.37. The first-order valence-electron chi connectivity index (χ1n) is 10.0. The molecule has 2 heterocycles. The summed E-state index contributed by atoms with van der Waals surface area (Å²) in [5.74, 6) is 0. The molecule has 6 rings (SSSR count). The number of aromatic amines is 1. The molecule has 0 amide bonds. The Labute approximate surface area is 172 Å². The number of hydrogen-bond acceptors (Lipinski definition) is 0. The molecule has 3 aromatic carbocycles. The Hall–Kier alpha value is -3.15. The molecule has 1 unspecified atom stereocenters. The van der Waals surface area contributed by atoms with Crippen molar-refractivity contribution in [3.05, 3.63) is 108 Å². The molecule has 0 radical (unpaired) electrons. The average Bonchev–Trinajstić information content (AvgIpc) is 2.91. The van der Waals surface area contributed by atoms with Gasteiger partial charge in [0, 0.05) is 16.8 Å². The first-order valence-corrected chi connectivity index (χ1v) is 11.4. The Morgan fingerprint density at radius 1 is 0.690 bits per heavy atom. The van der Waals surface area contributed by atoms with Crippen molar-refractivity contribution in [2.45, 2.75) is 6.42 Å². The molecule has 29 heavy (non-hydrogen) atoms. The first kappa shape index (κ1) is 16.8. The largest absolute Gasteiger partial charge is 0.354 e. The molecule has 1 aromatic heterocycles. The van der Waals surface area contributed by atoms with Gasteiger partial charge in [-0.25, -0.2) is 0 Å². The van der Waals surface area contributed by atoms with E-state index in [-0.39, 0.29) is 0 Å². The lowest BCUT2D eigenvalue weighted by Gasteiger charge is -2.21. The second kappa shape index (κ2) is 6.72. The van der Waals surface area contributed by atoms with Gasteiger partial charge in [0.15, 0.2) is 0 Å². The molecule has 1 atom stereocenters. The predicted octanol–water partition coefficient (Wildman–Crippen LogP) is 5.55. The van der Waals surface area contributed by atoms with Gasteiger partial charge < -0.3 is 4.98 Å². The van der Waals surface area contributed by atoms with E-state index in [9.17, 15) is 0 Å². The van der Waals surface area contributed by atoms with Crippen molar-refractivity contribution in [3.63, 3.8) is 0 Å². The van der Waals surface area contributed by atoms with Crippen molar-refractivity contribution >= 4 is 29.9 Å². The van der Waals surface area contributed by atoms with Crippen molar-refractivity contribution in [3.8, 4) is 22.4 Å². The van der Waals surface area contributed by atoms with E-state index in [1.54, 1.807) is 0 Å². The number of benzene rings is 3. The summed E-state index contributed by atoms with van der Waals surface area (Å²) in [6.45, 7) is 0. The molecular formula is C27H20NP. The zero-order valence-corrected chi connectivity index (χ0v) is 16.9. The van der Waals surface area contributed by atoms with E-state index in [1.807, 2.05) is 0 Å². The Kier molecular flexibility index (Phi) is 3.89. The summed E-state index contributed by atoms with van der Waals surface area (Å²) in [5, 5.41) is 4.27. The van der Waals surface area contributed by atoms with Crippen molar-refractivity contribution in [2.75, 3.05) is 0 Å². The Morgan fingerprint density at radius 2 is 1.38 bits per heavy atom. The molecule has 1 aliphatic carbocycles. The van der Waals surface area contributed by atoms with Crippen LogP contribution in [0.3, 0.4) is 0 Å². The van der Waals surface area contributed by atoms with Crippen LogP contribution in [0.15, 0.2) is 97.1 Å². The number of nitrogens with one attached hydrogen (secondary N) is 1. The van der Waals surface area contributed by atoms with Gasteiger partial charge in [0.2, 0.25) is 0 Å². The zero-order chi connectivity index (χ0) is 19.2. The lowest BCUT2D eigenvalue weighted by Crippen LogP contribution is -2.21. The number of aromatic nitrogens is 1. The molecule has 0 bridgehead atoms. The van der Waals surface area contributed by atoms with Gasteiger partial charge in [-0.2, -0.15) is 0 Å². The maximum Gasteiger partial charge on any atom is 0.0548 e. The quantitative estimate of drug-likeness (QED) is 0.362. The number of rotatable bonds is 1. The van der Waals surface area contributed by atoms with E-state index in [0.29, 0.717) is 0 Å². The molecule has 1 nitrogen and oxygen atoms in total. The van der Waals surface area contributed by atoms with Gasteiger partial charge in [-0.15, -0.1) is 0 Å². The highest BCUT2D eigenvalue weighted by Crippen LogP contribution is 2.47. The van der Waals surface area contributed by atoms with E-state index < -0.39 is 7.92 Å². The van der Waals surface area contributed by atoms with Gasteiger partial charge >= 0.3 is 0 Å². The first-order chi connectivity index (χ1) is 14.4. The highest BCUT2D eigenvalue weighted by atomic mass is 31.1. The van der Waals surface area contributed by atoms with E-state index in [4.69, 9.17) is 0 Å². The molecule has 4 aromatic rings. The van der Waals surface area contributed by atoms with Crippen LogP contribution >= 0.6 is 7.92 Å². The average molecular weight is 389 g/mol. The minimum absolute atomic E-state index is 0.622. The number of allylic oxidation sites excluding steroid dienone is 3. The number of H-pyrrole nitrogens is 1. The fourth-order valence-electron chi connectivity index (χ4n) is 4.57. The van der Waals surface area contributed by atoms with Crippen molar-refractivity contribution in [1.82, 2.24) is 4.98 Å². The molecule has 0 saturated carbocycles. The van der Waals surface area contributed by atoms with E-state index in [1.165, 1.54) is 49.6 Å². The normalized spacial score (nSPS) is 16.2. The molecule has 2 heteroatoms. The minimum atomic E-state index is -0.622. The summed E-state index contributed by atoms with van der Waals surface area (Å²) in [4.78, 5) is 3.79. The summed E-state index contributed by atoms with van der Waals surface area (Å²) in [7, 11) is -0.622. The second-order valence-corrected chi connectivity index (χ2v) is 9.61. The SMILES string of the molecule is C1=CCc2c([nH]c3c2-c2ccccc2P(c2ccccc2)c2ccccc2-3)C=C1. The van der Waals surface area contributed by atoms with Crippen molar-refractivity contribution < 1.29 is 0 Å². The van der Waals surface area contributed by atoms with E-state index in [0.717, 1.165) is 6.42 Å². The Bertz CT molecular complexity index is 1280. The van der Waals surface area contributed by atoms with Crippen LogP contribution in [-0.4, -0.2) is 4.98 Å². The maximum atomic E-state index is 3.79. The van der Waals surface area contributed by atoms with Crippen LogP contribution < -0.4 is 15.9 Å². The number of fused-ring (bicyclic) bond motifs is 7. The third-order valence-electron chi connectivity index (χ3n) is 5.81. The van der Waals surface area contributed by atoms with Crippen LogP contribution in [0.25, 0.3) is 28.5 Å². The third kappa shape index (κ3) is 2.58. The van der Waals surface area contributed by atoms with Crippen LogP contribution in [0, 0.1) is 0 Å². The van der Waals surface area contributed by atoms with E-state index in [2.05, 4.69) is 108 Å². The summed E-state index contributed by atoms with van der Waals surface area (Å²) in [5.41, 5.74) is 7.97. The van der Waals surface area contributed by atoms with Crippen LogP contribution in [0.2, 0.25) is 0 Å². The summed E-state index contributed by atoms with van der Waals surface area (Å²) >= 11 is 0. The van der Waals surface area contributed by atoms with Gasteiger partial charge in [-0.1, -0.05) is 97.1 Å². The molecular weight excluding hydrogens is 369 g/mol. The molecule has 138 valence electrons. The molecule has 0 spiro atoms. The molecule has 1 aliphatic heterocycles. The highest BCUT2D eigenvalue weighted by Gasteiger charge is 2.31. The fourth-order valence-corrected chi connectivity index (χ4v) is 7.18. The predicted molar refractivity (Wildman–Crippen MR) is 126 cm³/mol. The second-order valence-electron chi connectivity index (χ2n) is 7.46. The van der Waals surface area contributed by atoms with Crippen LogP contribution in [0.5, 0.6) is 0 Å². The highest BCUT2D eigenvalue weighted by molar-refractivity contribution is 7.80. The Morgan fingerprint density at radius 3 is 2.21 bits per heavy atom.